The highest BCUT2D eigenvalue weighted by Crippen LogP contribution is 2.16. The molecule has 0 aromatic carbocycles. The summed E-state index contributed by atoms with van der Waals surface area (Å²) in [7, 11) is 0. The van der Waals surface area contributed by atoms with Gasteiger partial charge >= 0.3 is 0 Å². The lowest BCUT2D eigenvalue weighted by atomic mass is 10.0. The van der Waals surface area contributed by atoms with Gasteiger partial charge in [0.2, 0.25) is 0 Å². The maximum atomic E-state index is 5.73. The Morgan fingerprint density at radius 3 is 3.08 bits per heavy atom. The highest BCUT2D eigenvalue weighted by atomic mass is 35.5. The summed E-state index contributed by atoms with van der Waals surface area (Å²) in [4.78, 5) is 3.63. The van der Waals surface area contributed by atoms with Crippen LogP contribution < -0.4 is 5.32 Å². The Hall–Kier alpha value is -0.600. The van der Waals surface area contributed by atoms with Crippen LogP contribution in [0.15, 0.2) is 27.4 Å². The van der Waals surface area contributed by atoms with Gasteiger partial charge < -0.3 is 5.32 Å². The number of hydrogen-bond donors (Lipinski definition) is 1. The third-order valence-corrected chi connectivity index (χ3v) is 2.21. The molecule has 0 bridgehead atoms. The first-order valence-electron chi connectivity index (χ1n) is 3.97. The van der Waals surface area contributed by atoms with Crippen LogP contribution in [0.1, 0.15) is 13.3 Å². The minimum Gasteiger partial charge on any atom is -0.312 e. The molecule has 1 aliphatic heterocycles. The van der Waals surface area contributed by atoms with E-state index in [2.05, 4.69) is 24.0 Å². The summed E-state index contributed by atoms with van der Waals surface area (Å²) in [5, 5.41) is 3.74. The average molecular weight is 185 g/mol. The van der Waals surface area contributed by atoms with Gasteiger partial charge in [0.05, 0.1) is 0 Å². The third-order valence-electron chi connectivity index (χ3n) is 1.98. The zero-order valence-electron chi connectivity index (χ0n) is 7.23. The Balaban J connectivity index is 2.78. The van der Waals surface area contributed by atoms with Gasteiger partial charge in [-0.15, -0.1) is 0 Å². The second kappa shape index (κ2) is 4.43. The summed E-state index contributed by atoms with van der Waals surface area (Å²) < 4.78 is 0. The van der Waals surface area contributed by atoms with E-state index in [1.165, 1.54) is 11.1 Å². The third kappa shape index (κ3) is 2.47. The molecule has 2 nitrogen and oxygen atoms in total. The van der Waals surface area contributed by atoms with Crippen LogP contribution in [0.2, 0.25) is 0 Å². The molecule has 66 valence electrons. The zero-order valence-corrected chi connectivity index (χ0v) is 7.99. The standard InChI is InChI=1S/C9H13ClN2/c1-7-3-4-12-6-8(7)5-9(10)11-2/h5,12H,2-4,6H2,1H3/b9-5-. The van der Waals surface area contributed by atoms with E-state index >= 15 is 0 Å². The van der Waals surface area contributed by atoms with Crippen LogP contribution in [0.4, 0.5) is 0 Å². The van der Waals surface area contributed by atoms with Crippen molar-refractivity contribution in [1.29, 1.82) is 0 Å². The number of aliphatic imine (C=N–C) groups is 1. The van der Waals surface area contributed by atoms with E-state index in [4.69, 9.17) is 11.6 Å². The van der Waals surface area contributed by atoms with Crippen molar-refractivity contribution in [2.75, 3.05) is 13.1 Å². The predicted molar refractivity (Wildman–Crippen MR) is 53.7 cm³/mol. The van der Waals surface area contributed by atoms with Crippen LogP contribution in [0, 0.1) is 0 Å². The van der Waals surface area contributed by atoms with Crippen LogP contribution in [0.5, 0.6) is 0 Å². The van der Waals surface area contributed by atoms with Crippen molar-refractivity contribution in [2.45, 2.75) is 13.3 Å². The lowest BCUT2D eigenvalue weighted by Crippen LogP contribution is -2.23. The van der Waals surface area contributed by atoms with E-state index in [1.54, 1.807) is 0 Å². The minimum absolute atomic E-state index is 0.466. The lowest BCUT2D eigenvalue weighted by molar-refractivity contribution is 0.686. The van der Waals surface area contributed by atoms with Crippen LogP contribution >= 0.6 is 11.6 Å². The molecule has 3 heteroatoms. The van der Waals surface area contributed by atoms with E-state index in [1.807, 2.05) is 6.08 Å². The molecule has 0 saturated carbocycles. The summed E-state index contributed by atoms with van der Waals surface area (Å²) in [5.74, 6) is 0. The number of nitrogens with one attached hydrogen (secondary N) is 1. The molecule has 1 N–H and O–H groups in total. The topological polar surface area (TPSA) is 24.4 Å². The summed E-state index contributed by atoms with van der Waals surface area (Å²) in [5.41, 5.74) is 2.62. The number of hydrogen-bond acceptors (Lipinski definition) is 2. The van der Waals surface area contributed by atoms with Gasteiger partial charge in [-0.2, -0.15) is 0 Å². The Kier molecular flexibility index (Phi) is 3.50. The summed E-state index contributed by atoms with van der Waals surface area (Å²) in [6.45, 7) is 7.43. The van der Waals surface area contributed by atoms with Crippen molar-refractivity contribution in [1.82, 2.24) is 5.32 Å². The second-order valence-electron chi connectivity index (χ2n) is 2.86. The Morgan fingerprint density at radius 1 is 1.75 bits per heavy atom. The van der Waals surface area contributed by atoms with E-state index in [9.17, 15) is 0 Å². The first kappa shape index (κ1) is 9.49. The number of nitrogens with zero attached hydrogens (tertiary/aromatic N) is 1. The molecule has 0 atom stereocenters. The van der Waals surface area contributed by atoms with Crippen molar-refractivity contribution >= 4 is 18.3 Å². The molecule has 0 radical (unpaired) electrons. The molecule has 0 unspecified atom stereocenters. The zero-order chi connectivity index (χ0) is 8.97. The highest BCUT2D eigenvalue weighted by Gasteiger charge is 2.06. The van der Waals surface area contributed by atoms with E-state index < -0.39 is 0 Å². The Bertz CT molecular complexity index is 241. The molecule has 0 saturated heterocycles. The summed E-state index contributed by atoms with van der Waals surface area (Å²) >= 11 is 5.73. The van der Waals surface area contributed by atoms with Crippen molar-refractivity contribution < 1.29 is 0 Å². The lowest BCUT2D eigenvalue weighted by Gasteiger charge is -2.16. The predicted octanol–water partition coefficient (Wildman–Crippen LogP) is 2.08. The molecule has 0 aliphatic carbocycles. The van der Waals surface area contributed by atoms with Crippen LogP contribution in [0.3, 0.4) is 0 Å². The van der Waals surface area contributed by atoms with Crippen LogP contribution in [-0.2, 0) is 0 Å². The fourth-order valence-corrected chi connectivity index (χ4v) is 1.31. The van der Waals surface area contributed by atoms with Gasteiger partial charge in [-0.3, -0.25) is 4.99 Å². The van der Waals surface area contributed by atoms with Gasteiger partial charge in [0, 0.05) is 6.54 Å². The van der Waals surface area contributed by atoms with Gasteiger partial charge in [0.1, 0.15) is 5.16 Å². The molecular formula is C9H13ClN2. The van der Waals surface area contributed by atoms with Gasteiger partial charge in [-0.1, -0.05) is 17.2 Å². The highest BCUT2D eigenvalue weighted by molar-refractivity contribution is 6.29. The molecule has 0 amide bonds. The Labute approximate surface area is 78.0 Å². The van der Waals surface area contributed by atoms with E-state index in [0.717, 1.165) is 19.5 Å². The fourth-order valence-electron chi connectivity index (χ4n) is 1.17. The molecule has 0 aromatic heterocycles. The minimum atomic E-state index is 0.466. The van der Waals surface area contributed by atoms with Gasteiger partial charge in [-0.05, 0) is 38.3 Å². The molecule has 1 rings (SSSR count). The van der Waals surface area contributed by atoms with E-state index in [0.29, 0.717) is 5.16 Å². The van der Waals surface area contributed by atoms with Gasteiger partial charge in [0.15, 0.2) is 0 Å². The monoisotopic (exact) mass is 184 g/mol. The fraction of sp³-hybridized carbons (Fsp3) is 0.444. The van der Waals surface area contributed by atoms with Crippen molar-refractivity contribution in [3.63, 3.8) is 0 Å². The normalized spacial score (nSPS) is 19.7. The van der Waals surface area contributed by atoms with Crippen molar-refractivity contribution in [3.8, 4) is 0 Å². The summed E-state index contributed by atoms with van der Waals surface area (Å²) in [6, 6.07) is 0. The number of halogens is 1. The maximum Gasteiger partial charge on any atom is 0.128 e. The smallest absolute Gasteiger partial charge is 0.128 e. The molecular weight excluding hydrogens is 172 g/mol. The summed E-state index contributed by atoms with van der Waals surface area (Å²) in [6.07, 6.45) is 2.96. The molecule has 0 aromatic rings. The Morgan fingerprint density at radius 2 is 2.50 bits per heavy atom. The van der Waals surface area contributed by atoms with E-state index in [-0.39, 0.29) is 0 Å². The first-order valence-corrected chi connectivity index (χ1v) is 4.35. The first-order chi connectivity index (χ1) is 5.74. The molecule has 1 aliphatic rings. The van der Waals surface area contributed by atoms with Crippen LogP contribution in [-0.4, -0.2) is 19.8 Å². The second-order valence-corrected chi connectivity index (χ2v) is 3.24. The molecule has 0 spiro atoms. The van der Waals surface area contributed by atoms with Gasteiger partial charge in [-0.25, -0.2) is 0 Å². The van der Waals surface area contributed by atoms with Crippen LogP contribution in [0.25, 0.3) is 0 Å². The molecule has 0 fully saturated rings. The van der Waals surface area contributed by atoms with Crippen molar-refractivity contribution in [2.24, 2.45) is 4.99 Å². The average Bonchev–Trinajstić information content (AvgIpc) is 2.09. The van der Waals surface area contributed by atoms with Crippen molar-refractivity contribution in [3.05, 3.63) is 22.4 Å². The van der Waals surface area contributed by atoms with Gasteiger partial charge in [0.25, 0.3) is 0 Å². The maximum absolute atomic E-state index is 5.73. The quantitative estimate of drug-likeness (QED) is 0.516. The molecule has 1 heterocycles. The number of rotatable bonds is 2. The molecule has 12 heavy (non-hydrogen) atoms. The largest absolute Gasteiger partial charge is 0.312 e. The SMILES string of the molecule is C=N/C(Cl)=C\C1=C(C)CCNC1.